The lowest BCUT2D eigenvalue weighted by Crippen LogP contribution is -2.63. The minimum Gasteiger partial charge on any atom is -0.463 e. The van der Waals surface area contributed by atoms with E-state index in [0.717, 1.165) is 48.1 Å². The fourth-order valence-electron chi connectivity index (χ4n) is 6.07. The number of ketones is 1. The summed E-state index contributed by atoms with van der Waals surface area (Å²) in [7, 11) is 1.39. The first-order valence-corrected chi connectivity index (χ1v) is 18.7. The zero-order chi connectivity index (χ0) is 39.4. The first-order chi connectivity index (χ1) is 26.7. The number of hydrogen-bond acceptors (Lipinski definition) is 10. The van der Waals surface area contributed by atoms with Gasteiger partial charge in [0.2, 0.25) is 5.91 Å². The number of anilines is 1. The minimum atomic E-state index is -1.26. The number of benzene rings is 3. The van der Waals surface area contributed by atoms with Gasteiger partial charge in [-0.1, -0.05) is 98.1 Å². The SMILES string of the molecule is COC(COC(=O)CCC(=O)OC1C(Cc2ccccc2)C(=O)N(c2ccccc2)C(=O)N1Cc1ccccc1)COC(=O)NCCCCCCCC(C)=O. The number of nitrogens with one attached hydrogen (secondary N) is 1. The van der Waals surface area contributed by atoms with E-state index in [0.29, 0.717) is 18.7 Å². The Morgan fingerprint density at radius 1 is 0.709 bits per heavy atom. The molecule has 1 saturated heterocycles. The molecule has 0 bridgehead atoms. The molecule has 1 aliphatic heterocycles. The van der Waals surface area contributed by atoms with Gasteiger partial charge < -0.3 is 29.1 Å². The highest BCUT2D eigenvalue weighted by Crippen LogP contribution is 2.32. The molecule has 1 N–H and O–H groups in total. The van der Waals surface area contributed by atoms with Gasteiger partial charge in [-0.05, 0) is 49.4 Å². The van der Waals surface area contributed by atoms with Crippen molar-refractivity contribution in [2.24, 2.45) is 5.92 Å². The molecule has 3 atom stereocenters. The second-order valence-electron chi connectivity index (χ2n) is 13.4. The second-order valence-corrected chi connectivity index (χ2v) is 13.4. The number of alkyl carbamates (subject to hydrolysis) is 1. The van der Waals surface area contributed by atoms with Crippen LogP contribution in [0.25, 0.3) is 0 Å². The Morgan fingerprint density at radius 2 is 1.29 bits per heavy atom. The predicted octanol–water partition coefficient (Wildman–Crippen LogP) is 6.38. The van der Waals surface area contributed by atoms with Gasteiger partial charge in [0.05, 0.1) is 31.0 Å². The van der Waals surface area contributed by atoms with Crippen LogP contribution in [-0.4, -0.2) is 79.9 Å². The number of carbonyl (C=O) groups is 6. The van der Waals surface area contributed by atoms with Crippen LogP contribution in [0.4, 0.5) is 15.3 Å². The number of unbranched alkanes of at least 4 members (excludes halogenated alkanes) is 4. The van der Waals surface area contributed by atoms with Gasteiger partial charge >= 0.3 is 24.1 Å². The fraction of sp³-hybridized carbons (Fsp3) is 0.429. The summed E-state index contributed by atoms with van der Waals surface area (Å²) in [6.07, 6.45) is 1.99. The van der Waals surface area contributed by atoms with Gasteiger partial charge in [0.1, 0.15) is 25.1 Å². The van der Waals surface area contributed by atoms with Gasteiger partial charge in [0.15, 0.2) is 6.23 Å². The van der Waals surface area contributed by atoms with Crippen molar-refractivity contribution in [1.29, 1.82) is 0 Å². The number of imide groups is 1. The molecule has 4 rings (SSSR count). The maximum atomic E-state index is 14.2. The number of hydrogen-bond donors (Lipinski definition) is 1. The zero-order valence-corrected chi connectivity index (χ0v) is 31.6. The number of urea groups is 1. The van der Waals surface area contributed by atoms with Crippen molar-refractivity contribution in [2.45, 2.75) is 83.6 Å². The Kier molecular flexibility index (Phi) is 17.3. The summed E-state index contributed by atoms with van der Waals surface area (Å²) in [6.45, 7) is 1.71. The minimum absolute atomic E-state index is 0.0588. The van der Waals surface area contributed by atoms with Crippen molar-refractivity contribution >= 4 is 41.4 Å². The second kappa shape index (κ2) is 22.6. The molecular weight excluding hydrogens is 706 g/mol. The molecule has 1 aliphatic rings. The van der Waals surface area contributed by atoms with Crippen molar-refractivity contribution in [1.82, 2.24) is 10.2 Å². The average Bonchev–Trinajstić information content (AvgIpc) is 3.19. The highest BCUT2D eigenvalue weighted by molar-refractivity contribution is 6.17. The molecule has 0 aromatic heterocycles. The molecule has 3 unspecified atom stereocenters. The molecule has 1 heterocycles. The van der Waals surface area contributed by atoms with E-state index in [-0.39, 0.29) is 44.8 Å². The summed E-state index contributed by atoms with van der Waals surface area (Å²) in [5, 5.41) is 2.67. The lowest BCUT2D eigenvalue weighted by Gasteiger charge is -2.44. The Bertz CT molecular complexity index is 1630. The Labute approximate surface area is 322 Å². The van der Waals surface area contributed by atoms with Gasteiger partial charge in [-0.2, -0.15) is 0 Å². The van der Waals surface area contributed by atoms with Crippen LogP contribution in [0.5, 0.6) is 0 Å². The number of amides is 4. The van der Waals surface area contributed by atoms with E-state index in [4.69, 9.17) is 18.9 Å². The van der Waals surface area contributed by atoms with E-state index in [1.54, 1.807) is 37.3 Å². The van der Waals surface area contributed by atoms with Crippen LogP contribution >= 0.6 is 0 Å². The van der Waals surface area contributed by atoms with Crippen molar-refractivity contribution in [3.8, 4) is 0 Å². The number of esters is 2. The summed E-state index contributed by atoms with van der Waals surface area (Å²) in [4.78, 5) is 79.9. The highest BCUT2D eigenvalue weighted by Gasteiger charge is 2.49. The van der Waals surface area contributed by atoms with Crippen molar-refractivity contribution in [3.05, 3.63) is 102 Å². The van der Waals surface area contributed by atoms with Crippen LogP contribution in [-0.2, 0) is 51.1 Å². The molecule has 55 heavy (non-hydrogen) atoms. The smallest absolute Gasteiger partial charge is 0.407 e. The third kappa shape index (κ3) is 14.0. The number of ether oxygens (including phenoxy) is 4. The summed E-state index contributed by atoms with van der Waals surface area (Å²) < 4.78 is 21.7. The third-order valence-corrected chi connectivity index (χ3v) is 9.06. The number of methoxy groups -OCH3 is 1. The molecular formula is C42H51N3O10. The first kappa shape index (κ1) is 42.2. The lowest BCUT2D eigenvalue weighted by molar-refractivity contribution is -0.168. The molecule has 4 amide bonds. The Hall–Kier alpha value is -5.56. The molecule has 3 aromatic carbocycles. The normalized spacial score (nSPS) is 16.0. The van der Waals surface area contributed by atoms with E-state index < -0.39 is 48.2 Å². The molecule has 3 aromatic rings. The maximum Gasteiger partial charge on any atom is 0.407 e. The van der Waals surface area contributed by atoms with Crippen LogP contribution in [0.3, 0.4) is 0 Å². The molecule has 13 nitrogen and oxygen atoms in total. The molecule has 0 aliphatic carbocycles. The van der Waals surface area contributed by atoms with Crippen LogP contribution in [0.1, 0.15) is 69.4 Å². The van der Waals surface area contributed by atoms with E-state index >= 15 is 0 Å². The molecule has 0 spiro atoms. The zero-order valence-electron chi connectivity index (χ0n) is 31.6. The van der Waals surface area contributed by atoms with Crippen molar-refractivity contribution in [2.75, 3.05) is 31.8 Å². The van der Waals surface area contributed by atoms with Gasteiger partial charge in [-0.15, -0.1) is 0 Å². The number of carbonyl (C=O) groups excluding carboxylic acids is 6. The Morgan fingerprint density at radius 3 is 1.95 bits per heavy atom. The molecule has 0 saturated carbocycles. The van der Waals surface area contributed by atoms with Gasteiger partial charge in [-0.25, -0.2) is 14.5 Å². The van der Waals surface area contributed by atoms with Gasteiger partial charge in [0, 0.05) is 20.1 Å². The van der Waals surface area contributed by atoms with Crippen LogP contribution in [0.2, 0.25) is 0 Å². The quantitative estimate of drug-likeness (QED) is 0.0693. The number of nitrogens with zero attached hydrogens (tertiary/aromatic N) is 2. The molecule has 294 valence electrons. The van der Waals surface area contributed by atoms with Crippen LogP contribution in [0.15, 0.2) is 91.0 Å². The van der Waals surface area contributed by atoms with E-state index in [1.807, 2.05) is 60.7 Å². The van der Waals surface area contributed by atoms with Crippen molar-refractivity contribution < 1.29 is 47.7 Å². The van der Waals surface area contributed by atoms with Gasteiger partial charge in [0.25, 0.3) is 0 Å². The van der Waals surface area contributed by atoms with Gasteiger partial charge in [-0.3, -0.25) is 19.3 Å². The predicted molar refractivity (Wildman–Crippen MR) is 204 cm³/mol. The largest absolute Gasteiger partial charge is 0.463 e. The molecule has 1 fully saturated rings. The van der Waals surface area contributed by atoms with Crippen molar-refractivity contribution in [3.63, 3.8) is 0 Å². The summed E-state index contributed by atoms with van der Waals surface area (Å²) in [5.41, 5.74) is 1.98. The average molecular weight is 758 g/mol. The number of Topliss-reactive ketones (excluding diaryl/α,β-unsaturated/α-hetero) is 1. The summed E-state index contributed by atoms with van der Waals surface area (Å²) >= 11 is 0. The van der Waals surface area contributed by atoms with E-state index in [2.05, 4.69) is 5.32 Å². The van der Waals surface area contributed by atoms with Crippen LogP contribution < -0.4 is 10.2 Å². The lowest BCUT2D eigenvalue weighted by atomic mass is 9.92. The highest BCUT2D eigenvalue weighted by atomic mass is 16.6. The Balaban J connectivity index is 1.32. The van der Waals surface area contributed by atoms with E-state index in [1.165, 1.54) is 12.0 Å². The number of rotatable bonds is 22. The first-order valence-electron chi connectivity index (χ1n) is 18.7. The molecule has 0 radical (unpaired) electrons. The van der Waals surface area contributed by atoms with Crippen LogP contribution in [0, 0.1) is 5.92 Å². The number of para-hydroxylation sites is 1. The third-order valence-electron chi connectivity index (χ3n) is 9.06. The summed E-state index contributed by atoms with van der Waals surface area (Å²) in [5.74, 6) is -2.77. The maximum absolute atomic E-state index is 14.2. The van der Waals surface area contributed by atoms with E-state index in [9.17, 15) is 28.8 Å². The fourth-order valence-corrected chi connectivity index (χ4v) is 6.07. The molecule has 13 heteroatoms. The standard InChI is InChI=1S/C42H51N3O10/c1-31(46)17-9-4-3-5-16-26-43-41(50)54-30-35(52-2)29-53-37(47)24-25-38(48)55-40-36(27-32-18-10-6-11-19-32)39(49)45(34-22-14-8-15-23-34)42(51)44(40)28-33-20-12-7-13-21-33/h6-8,10-15,18-23,35-36,40H,3-5,9,16-17,24-30H2,1-2H3,(H,43,50). The monoisotopic (exact) mass is 757 g/mol. The topological polar surface area (TPSA) is 158 Å². The summed E-state index contributed by atoms with van der Waals surface area (Å²) in [6, 6.07) is 26.4.